The molecule has 144 valence electrons. The van der Waals surface area contributed by atoms with Crippen molar-refractivity contribution in [1.82, 2.24) is 29.4 Å². The molecule has 5 rings (SSSR count). The molecule has 0 unspecified atom stereocenters. The van der Waals surface area contributed by atoms with E-state index in [4.69, 9.17) is 4.74 Å². The van der Waals surface area contributed by atoms with E-state index in [1.807, 2.05) is 17.3 Å². The summed E-state index contributed by atoms with van der Waals surface area (Å²) >= 11 is 0. The summed E-state index contributed by atoms with van der Waals surface area (Å²) in [4.78, 5) is 23.4. The number of carbonyl (C=O) groups excluding carboxylic acids is 1. The SMILES string of the molecule is O=C(CN1CCN(c2nccn3c(C4CC4)nnc23)CC1)N1CCOCC1. The van der Waals surface area contributed by atoms with Gasteiger partial charge < -0.3 is 14.5 Å². The van der Waals surface area contributed by atoms with Gasteiger partial charge in [0.1, 0.15) is 5.82 Å². The number of anilines is 1. The van der Waals surface area contributed by atoms with Gasteiger partial charge in [-0.3, -0.25) is 14.1 Å². The Morgan fingerprint density at radius 2 is 1.85 bits per heavy atom. The molecule has 3 aliphatic rings. The van der Waals surface area contributed by atoms with Gasteiger partial charge in [0.05, 0.1) is 19.8 Å². The van der Waals surface area contributed by atoms with Gasteiger partial charge >= 0.3 is 0 Å². The number of amides is 1. The van der Waals surface area contributed by atoms with Gasteiger partial charge in [-0.05, 0) is 12.8 Å². The third-order valence-corrected chi connectivity index (χ3v) is 5.67. The van der Waals surface area contributed by atoms with E-state index in [0.717, 1.165) is 43.5 Å². The Morgan fingerprint density at radius 3 is 2.59 bits per heavy atom. The van der Waals surface area contributed by atoms with Crippen LogP contribution in [0.25, 0.3) is 5.65 Å². The zero-order valence-electron chi connectivity index (χ0n) is 15.5. The molecule has 3 fully saturated rings. The smallest absolute Gasteiger partial charge is 0.236 e. The van der Waals surface area contributed by atoms with Crippen molar-refractivity contribution in [3.63, 3.8) is 0 Å². The van der Waals surface area contributed by atoms with Crippen LogP contribution in [0.2, 0.25) is 0 Å². The molecule has 2 aromatic rings. The van der Waals surface area contributed by atoms with E-state index < -0.39 is 0 Å². The highest BCUT2D eigenvalue weighted by Gasteiger charge is 2.30. The van der Waals surface area contributed by atoms with E-state index in [-0.39, 0.29) is 5.91 Å². The molecule has 9 heteroatoms. The van der Waals surface area contributed by atoms with Crippen LogP contribution >= 0.6 is 0 Å². The molecule has 2 aromatic heterocycles. The Labute approximate surface area is 157 Å². The highest BCUT2D eigenvalue weighted by molar-refractivity contribution is 5.78. The first-order valence-electron chi connectivity index (χ1n) is 9.82. The predicted molar refractivity (Wildman–Crippen MR) is 98.8 cm³/mol. The van der Waals surface area contributed by atoms with Crippen LogP contribution in [0.15, 0.2) is 12.4 Å². The van der Waals surface area contributed by atoms with E-state index in [2.05, 4.69) is 29.4 Å². The third-order valence-electron chi connectivity index (χ3n) is 5.67. The lowest BCUT2D eigenvalue weighted by Gasteiger charge is -2.36. The molecule has 9 nitrogen and oxygen atoms in total. The van der Waals surface area contributed by atoms with Crippen molar-refractivity contribution >= 4 is 17.4 Å². The maximum atomic E-state index is 12.4. The molecule has 0 atom stereocenters. The van der Waals surface area contributed by atoms with E-state index in [1.165, 1.54) is 12.8 Å². The first-order chi connectivity index (χ1) is 13.3. The van der Waals surface area contributed by atoms with E-state index >= 15 is 0 Å². The Kier molecular flexibility index (Phi) is 4.41. The minimum absolute atomic E-state index is 0.207. The second-order valence-corrected chi connectivity index (χ2v) is 7.53. The highest BCUT2D eigenvalue weighted by atomic mass is 16.5. The molecular weight excluding hydrogens is 346 g/mol. The summed E-state index contributed by atoms with van der Waals surface area (Å²) < 4.78 is 7.42. The number of nitrogens with zero attached hydrogens (tertiary/aromatic N) is 7. The molecule has 27 heavy (non-hydrogen) atoms. The molecular formula is C18H25N7O2. The van der Waals surface area contributed by atoms with Crippen LogP contribution in [0, 0.1) is 0 Å². The summed E-state index contributed by atoms with van der Waals surface area (Å²) in [6, 6.07) is 0. The summed E-state index contributed by atoms with van der Waals surface area (Å²) in [5.74, 6) is 2.72. The Bertz CT molecular complexity index is 820. The fourth-order valence-corrected chi connectivity index (χ4v) is 3.90. The van der Waals surface area contributed by atoms with Crippen molar-refractivity contribution in [3.05, 3.63) is 18.2 Å². The van der Waals surface area contributed by atoms with E-state index in [9.17, 15) is 4.79 Å². The average molecular weight is 371 g/mol. The van der Waals surface area contributed by atoms with E-state index in [0.29, 0.717) is 38.8 Å². The van der Waals surface area contributed by atoms with Crippen LogP contribution < -0.4 is 4.90 Å². The summed E-state index contributed by atoms with van der Waals surface area (Å²) in [6.45, 7) is 6.59. The Morgan fingerprint density at radius 1 is 1.07 bits per heavy atom. The summed E-state index contributed by atoms with van der Waals surface area (Å²) in [6.07, 6.45) is 6.21. The predicted octanol–water partition coefficient (Wildman–Crippen LogP) is -0.0175. The molecule has 0 spiro atoms. The van der Waals surface area contributed by atoms with Gasteiger partial charge in [-0.15, -0.1) is 10.2 Å². The lowest BCUT2D eigenvalue weighted by Crippen LogP contribution is -2.51. The van der Waals surface area contributed by atoms with Gasteiger partial charge in [-0.1, -0.05) is 0 Å². The molecule has 0 bridgehead atoms. The molecule has 2 saturated heterocycles. The number of aromatic nitrogens is 4. The lowest BCUT2D eigenvalue weighted by atomic mass is 10.3. The third kappa shape index (κ3) is 3.37. The van der Waals surface area contributed by atoms with Crippen LogP contribution in [0.4, 0.5) is 5.82 Å². The molecule has 1 amide bonds. The van der Waals surface area contributed by atoms with Crippen molar-refractivity contribution < 1.29 is 9.53 Å². The standard InChI is InChI=1S/C18H25N7O2/c26-15(23-9-11-27-12-10-23)13-22-5-7-24(8-6-22)17-18-21-20-16(14-1-2-14)25(18)4-3-19-17/h3-4,14H,1-2,5-13H2. The molecule has 2 aliphatic heterocycles. The number of rotatable bonds is 4. The van der Waals surface area contributed by atoms with Gasteiger partial charge in [-0.2, -0.15) is 0 Å². The monoisotopic (exact) mass is 371 g/mol. The number of piperazine rings is 1. The molecule has 0 aromatic carbocycles. The minimum Gasteiger partial charge on any atom is -0.378 e. The van der Waals surface area contributed by atoms with Crippen LogP contribution in [0.1, 0.15) is 24.6 Å². The zero-order valence-corrected chi connectivity index (χ0v) is 15.5. The fourth-order valence-electron chi connectivity index (χ4n) is 3.90. The van der Waals surface area contributed by atoms with Gasteiger partial charge in [0.15, 0.2) is 5.82 Å². The number of carbonyl (C=O) groups is 1. The molecule has 1 saturated carbocycles. The van der Waals surface area contributed by atoms with Crippen molar-refractivity contribution in [2.75, 3.05) is 63.9 Å². The van der Waals surface area contributed by atoms with Crippen molar-refractivity contribution in [2.24, 2.45) is 0 Å². The minimum atomic E-state index is 0.207. The summed E-state index contributed by atoms with van der Waals surface area (Å²) in [5, 5.41) is 8.80. The van der Waals surface area contributed by atoms with Crippen LogP contribution in [-0.2, 0) is 9.53 Å². The summed E-state index contributed by atoms with van der Waals surface area (Å²) in [5.41, 5.74) is 0.845. The molecule has 4 heterocycles. The number of ether oxygens (including phenoxy) is 1. The largest absolute Gasteiger partial charge is 0.378 e. The zero-order chi connectivity index (χ0) is 18.2. The quantitative estimate of drug-likeness (QED) is 0.747. The topological polar surface area (TPSA) is 79.1 Å². The van der Waals surface area contributed by atoms with Gasteiger partial charge in [-0.25, -0.2) is 4.98 Å². The van der Waals surface area contributed by atoms with E-state index in [1.54, 1.807) is 0 Å². The van der Waals surface area contributed by atoms with Crippen LogP contribution in [0.5, 0.6) is 0 Å². The summed E-state index contributed by atoms with van der Waals surface area (Å²) in [7, 11) is 0. The second-order valence-electron chi connectivity index (χ2n) is 7.53. The second kappa shape index (κ2) is 7.05. The fraction of sp³-hybridized carbons (Fsp3) is 0.667. The molecule has 1 aliphatic carbocycles. The van der Waals surface area contributed by atoms with Gasteiger partial charge in [0.25, 0.3) is 0 Å². The normalized spacial score (nSPS) is 21.8. The van der Waals surface area contributed by atoms with Crippen molar-refractivity contribution in [2.45, 2.75) is 18.8 Å². The number of fused-ring (bicyclic) bond motifs is 1. The number of hydrogen-bond donors (Lipinski definition) is 0. The number of hydrogen-bond acceptors (Lipinski definition) is 7. The van der Waals surface area contributed by atoms with Gasteiger partial charge in [0.2, 0.25) is 11.6 Å². The average Bonchev–Trinajstić information content (AvgIpc) is 3.47. The first-order valence-corrected chi connectivity index (χ1v) is 9.82. The number of morpholine rings is 1. The molecule has 0 radical (unpaired) electrons. The van der Waals surface area contributed by atoms with Gasteiger partial charge in [0, 0.05) is 57.6 Å². The van der Waals surface area contributed by atoms with Crippen LogP contribution in [0.3, 0.4) is 0 Å². The van der Waals surface area contributed by atoms with Crippen LogP contribution in [-0.4, -0.2) is 94.3 Å². The molecule has 0 N–H and O–H groups in total. The highest BCUT2D eigenvalue weighted by Crippen LogP contribution is 2.39. The first kappa shape index (κ1) is 16.9. The van der Waals surface area contributed by atoms with Crippen molar-refractivity contribution in [3.8, 4) is 0 Å². The maximum Gasteiger partial charge on any atom is 0.236 e. The van der Waals surface area contributed by atoms with Crippen molar-refractivity contribution in [1.29, 1.82) is 0 Å². The lowest BCUT2D eigenvalue weighted by molar-refractivity contribution is -0.136. The Hall–Kier alpha value is -2.26. The Balaban J connectivity index is 1.23. The maximum absolute atomic E-state index is 12.4.